The second kappa shape index (κ2) is 8.54. The number of amidine groups is 1. The lowest BCUT2D eigenvalue weighted by Gasteiger charge is -2.33. The number of rotatable bonds is 7. The molecule has 0 spiro atoms. The smallest absolute Gasteiger partial charge is 0.344 e. The van der Waals surface area contributed by atoms with Gasteiger partial charge in [0.05, 0.1) is 16.8 Å². The third-order valence-electron chi connectivity index (χ3n) is 5.32. The van der Waals surface area contributed by atoms with Crippen LogP contribution >= 0.6 is 0 Å². The summed E-state index contributed by atoms with van der Waals surface area (Å²) in [5.41, 5.74) is 8.02. The van der Waals surface area contributed by atoms with E-state index in [0.717, 1.165) is 11.4 Å². The number of carbonyl (C=O) groups excluding carboxylic acids is 1. The lowest BCUT2D eigenvalue weighted by Crippen LogP contribution is -2.52. The summed E-state index contributed by atoms with van der Waals surface area (Å²) in [7, 11) is -3.87. The van der Waals surface area contributed by atoms with Crippen LogP contribution < -0.4 is 20.5 Å². The number of aromatic nitrogens is 1. The second-order valence-electron chi connectivity index (χ2n) is 7.60. The number of nitrogens with zero attached hydrogens (tertiary/aromatic N) is 2. The standard InChI is InChI=1S/C21H27N5O4S/c1-5-21(6-2,24-20(27)15-10-13(3)23-14(4)11-15)12-30-17-9-7-8-16-18(17)19(22)26-31(28,29)25-16/h7-11,25H,5-6,12H2,1-4H3,(H2,22,26)(H,24,27). The maximum absolute atomic E-state index is 12.9. The predicted molar refractivity (Wildman–Crippen MR) is 120 cm³/mol. The summed E-state index contributed by atoms with van der Waals surface area (Å²) >= 11 is 0. The zero-order valence-electron chi connectivity index (χ0n) is 18.0. The number of anilines is 1. The Balaban J connectivity index is 1.84. The summed E-state index contributed by atoms with van der Waals surface area (Å²) in [6.07, 6.45) is 1.26. The number of hydrogen-bond donors (Lipinski definition) is 3. The molecule has 3 rings (SSSR count). The molecule has 166 valence electrons. The first-order chi connectivity index (χ1) is 14.6. The zero-order valence-corrected chi connectivity index (χ0v) is 18.8. The highest BCUT2D eigenvalue weighted by atomic mass is 32.2. The van der Waals surface area contributed by atoms with Crippen LogP contribution in [-0.2, 0) is 10.2 Å². The van der Waals surface area contributed by atoms with Crippen LogP contribution in [0.3, 0.4) is 0 Å². The number of amides is 1. The molecule has 1 aliphatic heterocycles. The van der Waals surface area contributed by atoms with E-state index in [1.807, 2.05) is 27.7 Å². The minimum Gasteiger partial charge on any atom is -0.490 e. The number of pyridine rings is 1. The van der Waals surface area contributed by atoms with Gasteiger partial charge in [-0.3, -0.25) is 14.5 Å². The van der Waals surface area contributed by atoms with Crippen molar-refractivity contribution < 1.29 is 17.9 Å². The molecule has 9 nitrogen and oxygen atoms in total. The molecule has 0 atom stereocenters. The molecule has 1 aliphatic rings. The maximum atomic E-state index is 12.9. The molecule has 0 saturated carbocycles. The summed E-state index contributed by atoms with van der Waals surface area (Å²) in [4.78, 5) is 17.3. The summed E-state index contributed by atoms with van der Waals surface area (Å²) in [6.45, 7) is 7.81. The molecule has 0 bridgehead atoms. The third-order valence-corrected chi connectivity index (χ3v) is 6.23. The number of hydrogen-bond acceptors (Lipinski definition) is 6. The summed E-state index contributed by atoms with van der Waals surface area (Å²) in [5, 5.41) is 3.11. The fraction of sp³-hybridized carbons (Fsp3) is 0.381. The van der Waals surface area contributed by atoms with E-state index >= 15 is 0 Å². The van der Waals surface area contributed by atoms with Crippen molar-refractivity contribution in [2.45, 2.75) is 46.1 Å². The van der Waals surface area contributed by atoms with E-state index in [1.54, 1.807) is 30.3 Å². The summed E-state index contributed by atoms with van der Waals surface area (Å²) < 4.78 is 35.5. The van der Waals surface area contributed by atoms with Crippen molar-refractivity contribution in [2.24, 2.45) is 10.1 Å². The van der Waals surface area contributed by atoms with Crippen LogP contribution in [0.25, 0.3) is 0 Å². The molecule has 2 heterocycles. The average Bonchev–Trinajstić information content (AvgIpc) is 2.69. The molecule has 1 aromatic carbocycles. The minimum atomic E-state index is -3.87. The van der Waals surface area contributed by atoms with Gasteiger partial charge in [0.1, 0.15) is 12.4 Å². The van der Waals surface area contributed by atoms with Gasteiger partial charge in [0.2, 0.25) is 0 Å². The van der Waals surface area contributed by atoms with Crippen molar-refractivity contribution in [3.8, 4) is 5.75 Å². The highest BCUT2D eigenvalue weighted by Crippen LogP contribution is 2.31. The van der Waals surface area contributed by atoms with E-state index in [-0.39, 0.29) is 18.3 Å². The Morgan fingerprint density at radius 1 is 1.19 bits per heavy atom. The third kappa shape index (κ3) is 4.96. The first kappa shape index (κ1) is 22.5. The maximum Gasteiger partial charge on any atom is 0.344 e. The highest BCUT2D eigenvalue weighted by Gasteiger charge is 2.31. The van der Waals surface area contributed by atoms with Crippen LogP contribution in [0.4, 0.5) is 5.69 Å². The molecule has 31 heavy (non-hydrogen) atoms. The van der Waals surface area contributed by atoms with Crippen molar-refractivity contribution in [1.82, 2.24) is 10.3 Å². The van der Waals surface area contributed by atoms with Crippen molar-refractivity contribution in [3.05, 3.63) is 52.8 Å². The Morgan fingerprint density at radius 3 is 2.45 bits per heavy atom. The van der Waals surface area contributed by atoms with E-state index in [0.29, 0.717) is 35.4 Å². The minimum absolute atomic E-state index is 0.144. The van der Waals surface area contributed by atoms with Gasteiger partial charge >= 0.3 is 10.2 Å². The molecule has 4 N–H and O–H groups in total. The zero-order chi connectivity index (χ0) is 22.8. The average molecular weight is 446 g/mol. The lowest BCUT2D eigenvalue weighted by molar-refractivity contribution is 0.0837. The lowest BCUT2D eigenvalue weighted by atomic mass is 9.93. The SMILES string of the molecule is CCC(CC)(COc1cccc2c1C(N)=NS(=O)(=O)N2)NC(=O)c1cc(C)nc(C)c1. The van der Waals surface area contributed by atoms with E-state index in [2.05, 4.69) is 19.4 Å². The van der Waals surface area contributed by atoms with Crippen molar-refractivity contribution in [3.63, 3.8) is 0 Å². The number of carbonyl (C=O) groups is 1. The molecule has 10 heteroatoms. The van der Waals surface area contributed by atoms with Crippen LogP contribution in [0, 0.1) is 13.8 Å². The van der Waals surface area contributed by atoms with Crippen LogP contribution in [0.5, 0.6) is 5.75 Å². The van der Waals surface area contributed by atoms with Gasteiger partial charge in [0.15, 0.2) is 5.84 Å². The Bertz CT molecular complexity index is 1120. The van der Waals surface area contributed by atoms with Gasteiger partial charge in [0, 0.05) is 17.0 Å². The largest absolute Gasteiger partial charge is 0.490 e. The Hall–Kier alpha value is -3.14. The second-order valence-corrected chi connectivity index (χ2v) is 8.94. The summed E-state index contributed by atoms with van der Waals surface area (Å²) in [5.74, 6) is 0.0387. The van der Waals surface area contributed by atoms with Gasteiger partial charge in [-0.25, -0.2) is 0 Å². The molecule has 0 aliphatic carbocycles. The van der Waals surface area contributed by atoms with Gasteiger partial charge in [-0.15, -0.1) is 4.40 Å². The van der Waals surface area contributed by atoms with E-state index in [9.17, 15) is 13.2 Å². The predicted octanol–water partition coefficient (Wildman–Crippen LogP) is 2.44. The Labute approximate surface area is 182 Å². The molecule has 1 aromatic heterocycles. The van der Waals surface area contributed by atoms with Crippen LogP contribution in [0.15, 0.2) is 34.7 Å². The molecular formula is C21H27N5O4S. The number of benzene rings is 1. The molecule has 0 saturated heterocycles. The summed E-state index contributed by atoms with van der Waals surface area (Å²) in [6, 6.07) is 8.43. The van der Waals surface area contributed by atoms with Gasteiger partial charge in [-0.05, 0) is 51.0 Å². The van der Waals surface area contributed by atoms with Crippen LogP contribution in [-0.4, -0.2) is 37.3 Å². The number of fused-ring (bicyclic) bond motifs is 1. The van der Waals surface area contributed by atoms with Crippen LogP contribution in [0.1, 0.15) is 54.0 Å². The highest BCUT2D eigenvalue weighted by molar-refractivity contribution is 7.91. The van der Waals surface area contributed by atoms with Crippen molar-refractivity contribution >= 4 is 27.6 Å². The van der Waals surface area contributed by atoms with Gasteiger partial charge in [-0.2, -0.15) is 8.42 Å². The molecule has 0 unspecified atom stereocenters. The number of ether oxygens (including phenoxy) is 1. The molecule has 0 radical (unpaired) electrons. The molecule has 2 aromatic rings. The molecule has 1 amide bonds. The van der Waals surface area contributed by atoms with Gasteiger partial charge in [-0.1, -0.05) is 19.9 Å². The topological polar surface area (TPSA) is 136 Å². The number of aryl methyl sites for hydroxylation is 2. The van der Waals surface area contributed by atoms with E-state index in [1.165, 1.54) is 0 Å². The molecule has 0 fully saturated rings. The number of nitrogens with two attached hydrogens (primary N) is 1. The molecular weight excluding hydrogens is 418 g/mol. The van der Waals surface area contributed by atoms with E-state index in [4.69, 9.17) is 10.5 Å². The van der Waals surface area contributed by atoms with Crippen LogP contribution in [0.2, 0.25) is 0 Å². The first-order valence-electron chi connectivity index (χ1n) is 10.0. The fourth-order valence-corrected chi connectivity index (χ4v) is 4.34. The first-order valence-corrected chi connectivity index (χ1v) is 11.4. The Morgan fingerprint density at radius 2 is 1.84 bits per heavy atom. The van der Waals surface area contributed by atoms with Gasteiger partial charge in [0.25, 0.3) is 5.91 Å². The number of nitrogens with one attached hydrogen (secondary N) is 2. The van der Waals surface area contributed by atoms with Crippen molar-refractivity contribution in [1.29, 1.82) is 0 Å². The quantitative estimate of drug-likeness (QED) is 0.599. The monoisotopic (exact) mass is 445 g/mol. The van der Waals surface area contributed by atoms with Crippen molar-refractivity contribution in [2.75, 3.05) is 11.3 Å². The normalized spacial score (nSPS) is 14.8. The van der Waals surface area contributed by atoms with Gasteiger partial charge < -0.3 is 15.8 Å². The van der Waals surface area contributed by atoms with E-state index < -0.39 is 15.7 Å². The Kier molecular flexibility index (Phi) is 6.21. The fourth-order valence-electron chi connectivity index (χ4n) is 3.50.